The molecule has 1 heterocycles. The molecule has 8 heteroatoms. The van der Waals surface area contributed by atoms with Gasteiger partial charge in [-0.1, -0.05) is 0 Å². The molecule has 1 amide bonds. The van der Waals surface area contributed by atoms with E-state index in [2.05, 4.69) is 10.3 Å². The van der Waals surface area contributed by atoms with Crippen molar-refractivity contribution in [3.63, 3.8) is 0 Å². The number of carbonyl (C=O) groups is 1. The van der Waals surface area contributed by atoms with E-state index in [1.165, 1.54) is 12.4 Å². The van der Waals surface area contributed by atoms with Gasteiger partial charge in [-0.05, 0) is 57.6 Å². The van der Waals surface area contributed by atoms with Gasteiger partial charge < -0.3 is 15.8 Å². The number of nitrogens with two attached hydrogens (primary N) is 1. The van der Waals surface area contributed by atoms with Gasteiger partial charge in [0.2, 0.25) is 0 Å². The molecular weight excluding hydrogens is 335 g/mol. The summed E-state index contributed by atoms with van der Waals surface area (Å²) in [6.45, 7) is 5.10. The molecule has 1 aliphatic rings. The summed E-state index contributed by atoms with van der Waals surface area (Å²) in [5.74, 6) is -1.90. The molecule has 0 unspecified atom stereocenters. The van der Waals surface area contributed by atoms with Gasteiger partial charge in [-0.3, -0.25) is 4.98 Å². The largest absolute Gasteiger partial charge is 0.444 e. The molecule has 1 aromatic rings. The minimum atomic E-state index is -4.33. The van der Waals surface area contributed by atoms with Gasteiger partial charge in [-0.25, -0.2) is 4.79 Å². The number of rotatable bonds is 2. The van der Waals surface area contributed by atoms with E-state index in [0.717, 1.165) is 0 Å². The van der Waals surface area contributed by atoms with Crippen LogP contribution >= 0.6 is 0 Å². The summed E-state index contributed by atoms with van der Waals surface area (Å²) in [5.41, 5.74) is 6.17. The Labute approximate surface area is 145 Å². The standard InChI is InChI=1S/C17H24F3N3O2/c1-16(2,3)25-15(24)23-12-7-10(6-11(8-12)17(18,19)20)13-4-5-22-9-14(13)21/h4-5,9-12H,6-8,21H2,1-3H3,(H,23,24)/t10-,11+,12-/m1/s1. The lowest BCUT2D eigenvalue weighted by atomic mass is 9.75. The zero-order valence-electron chi connectivity index (χ0n) is 14.6. The molecule has 2 rings (SSSR count). The van der Waals surface area contributed by atoms with E-state index in [-0.39, 0.29) is 12.8 Å². The first-order chi connectivity index (χ1) is 11.5. The van der Waals surface area contributed by atoms with Crippen LogP contribution in [-0.4, -0.2) is 28.9 Å². The van der Waals surface area contributed by atoms with Crippen molar-refractivity contribution in [2.24, 2.45) is 5.92 Å². The Balaban J connectivity index is 2.17. The molecule has 1 aromatic heterocycles. The van der Waals surface area contributed by atoms with E-state index in [0.29, 0.717) is 17.7 Å². The molecule has 0 radical (unpaired) electrons. The van der Waals surface area contributed by atoms with Crippen LogP contribution < -0.4 is 11.1 Å². The van der Waals surface area contributed by atoms with Crippen LogP contribution in [0.2, 0.25) is 0 Å². The van der Waals surface area contributed by atoms with E-state index >= 15 is 0 Å². The summed E-state index contributed by atoms with van der Waals surface area (Å²) in [6.07, 6.45) is -1.92. The number of hydrogen-bond donors (Lipinski definition) is 2. The number of carbonyl (C=O) groups excluding carboxylic acids is 1. The lowest BCUT2D eigenvalue weighted by Gasteiger charge is -2.37. The number of nitrogen functional groups attached to an aromatic ring is 1. The average Bonchev–Trinajstić information content (AvgIpc) is 2.44. The minimum Gasteiger partial charge on any atom is -0.444 e. The number of hydrogen-bond acceptors (Lipinski definition) is 4. The fourth-order valence-electron chi connectivity index (χ4n) is 3.22. The molecule has 0 spiro atoms. The van der Waals surface area contributed by atoms with Crippen LogP contribution in [0.1, 0.15) is 51.5 Å². The highest BCUT2D eigenvalue weighted by Gasteiger charge is 2.46. The number of nitrogens with one attached hydrogen (secondary N) is 1. The SMILES string of the molecule is CC(C)(C)OC(=O)N[C@@H]1C[C@H](c2ccncc2N)C[C@H](C(F)(F)F)C1. The first-order valence-electron chi connectivity index (χ1n) is 8.21. The summed E-state index contributed by atoms with van der Waals surface area (Å²) < 4.78 is 45.1. The molecule has 5 nitrogen and oxygen atoms in total. The Hall–Kier alpha value is -1.99. The van der Waals surface area contributed by atoms with Crippen molar-refractivity contribution in [3.05, 3.63) is 24.0 Å². The summed E-state index contributed by atoms with van der Waals surface area (Å²) >= 11 is 0. The number of amides is 1. The van der Waals surface area contributed by atoms with Crippen LogP contribution in [-0.2, 0) is 4.74 Å². The number of alkyl halides is 3. The van der Waals surface area contributed by atoms with Crippen LogP contribution in [0.15, 0.2) is 18.5 Å². The predicted octanol–water partition coefficient (Wildman–Crippen LogP) is 4.00. The Morgan fingerprint density at radius 2 is 1.96 bits per heavy atom. The number of ether oxygens (including phenoxy) is 1. The van der Waals surface area contributed by atoms with Crippen LogP contribution in [0, 0.1) is 5.92 Å². The third-order valence-electron chi connectivity index (χ3n) is 4.22. The van der Waals surface area contributed by atoms with Crippen molar-refractivity contribution >= 4 is 11.8 Å². The van der Waals surface area contributed by atoms with Gasteiger partial charge in [0.15, 0.2) is 0 Å². The maximum atomic E-state index is 13.3. The number of alkyl carbamates (subject to hydrolysis) is 1. The summed E-state index contributed by atoms with van der Waals surface area (Å²) in [5, 5.41) is 2.58. The van der Waals surface area contributed by atoms with Crippen molar-refractivity contribution < 1.29 is 22.7 Å². The second-order valence-electron chi connectivity index (χ2n) is 7.49. The van der Waals surface area contributed by atoms with E-state index < -0.39 is 35.7 Å². The fourth-order valence-corrected chi connectivity index (χ4v) is 3.22. The fraction of sp³-hybridized carbons (Fsp3) is 0.647. The number of aromatic nitrogens is 1. The first-order valence-corrected chi connectivity index (χ1v) is 8.21. The molecular formula is C17H24F3N3O2. The summed E-state index contributed by atoms with van der Waals surface area (Å²) in [4.78, 5) is 15.8. The molecule has 0 aliphatic heterocycles. The molecule has 1 saturated carbocycles. The zero-order chi connectivity index (χ0) is 18.8. The normalized spacial score (nSPS) is 24.6. The molecule has 0 saturated heterocycles. The number of pyridine rings is 1. The van der Waals surface area contributed by atoms with Gasteiger partial charge >= 0.3 is 12.3 Å². The lowest BCUT2D eigenvalue weighted by molar-refractivity contribution is -0.185. The molecule has 1 fully saturated rings. The molecule has 1 aliphatic carbocycles. The Bertz CT molecular complexity index is 614. The van der Waals surface area contributed by atoms with E-state index in [1.807, 2.05) is 0 Å². The van der Waals surface area contributed by atoms with Crippen molar-refractivity contribution in [2.75, 3.05) is 5.73 Å². The predicted molar refractivity (Wildman–Crippen MR) is 87.9 cm³/mol. The van der Waals surface area contributed by atoms with E-state index in [9.17, 15) is 18.0 Å². The van der Waals surface area contributed by atoms with Gasteiger partial charge in [0.05, 0.1) is 17.8 Å². The second kappa shape index (κ2) is 7.09. The monoisotopic (exact) mass is 359 g/mol. The van der Waals surface area contributed by atoms with Crippen LogP contribution in [0.3, 0.4) is 0 Å². The van der Waals surface area contributed by atoms with Crippen LogP contribution in [0.5, 0.6) is 0 Å². The highest BCUT2D eigenvalue weighted by atomic mass is 19.4. The lowest BCUT2D eigenvalue weighted by Crippen LogP contribution is -2.45. The zero-order valence-corrected chi connectivity index (χ0v) is 14.6. The van der Waals surface area contributed by atoms with Crippen LogP contribution in [0.25, 0.3) is 0 Å². The van der Waals surface area contributed by atoms with Gasteiger partial charge in [-0.15, -0.1) is 0 Å². The van der Waals surface area contributed by atoms with E-state index in [1.54, 1.807) is 26.8 Å². The Morgan fingerprint density at radius 3 is 2.52 bits per heavy atom. The van der Waals surface area contributed by atoms with Gasteiger partial charge in [0.25, 0.3) is 0 Å². The van der Waals surface area contributed by atoms with Crippen molar-refractivity contribution in [1.82, 2.24) is 10.3 Å². The Morgan fingerprint density at radius 1 is 1.28 bits per heavy atom. The van der Waals surface area contributed by atoms with Gasteiger partial charge in [0, 0.05) is 12.2 Å². The summed E-state index contributed by atoms with van der Waals surface area (Å²) in [7, 11) is 0. The molecule has 0 bridgehead atoms. The molecule has 3 atom stereocenters. The Kier molecular flexibility index (Phi) is 5.49. The van der Waals surface area contributed by atoms with Crippen LogP contribution in [0.4, 0.5) is 23.7 Å². The molecule has 3 N–H and O–H groups in total. The maximum Gasteiger partial charge on any atom is 0.407 e. The minimum absolute atomic E-state index is 0.0514. The molecule has 25 heavy (non-hydrogen) atoms. The maximum absolute atomic E-state index is 13.3. The average molecular weight is 359 g/mol. The number of halogens is 3. The second-order valence-corrected chi connectivity index (χ2v) is 7.49. The summed E-state index contributed by atoms with van der Waals surface area (Å²) in [6, 6.07) is 1.01. The molecule has 0 aromatic carbocycles. The van der Waals surface area contributed by atoms with Gasteiger partial charge in [-0.2, -0.15) is 13.2 Å². The van der Waals surface area contributed by atoms with Crippen molar-refractivity contribution in [1.29, 1.82) is 0 Å². The quantitative estimate of drug-likeness (QED) is 0.837. The highest BCUT2D eigenvalue weighted by molar-refractivity contribution is 5.68. The van der Waals surface area contributed by atoms with Crippen molar-refractivity contribution in [3.8, 4) is 0 Å². The molecule has 140 valence electrons. The smallest absolute Gasteiger partial charge is 0.407 e. The van der Waals surface area contributed by atoms with E-state index in [4.69, 9.17) is 10.5 Å². The van der Waals surface area contributed by atoms with Crippen molar-refractivity contribution in [2.45, 2.75) is 63.8 Å². The van der Waals surface area contributed by atoms with Gasteiger partial charge in [0.1, 0.15) is 5.60 Å². The third kappa shape index (κ3) is 5.51. The highest BCUT2D eigenvalue weighted by Crippen LogP contribution is 2.44. The first kappa shape index (κ1) is 19.3. The third-order valence-corrected chi connectivity index (χ3v) is 4.22. The number of anilines is 1. The number of nitrogens with zero attached hydrogens (tertiary/aromatic N) is 1. The topological polar surface area (TPSA) is 77.2 Å².